The third-order valence-electron chi connectivity index (χ3n) is 2.78. The van der Waals surface area contributed by atoms with Gasteiger partial charge in [-0.3, -0.25) is 4.68 Å². The molecule has 0 saturated heterocycles. The third-order valence-corrected chi connectivity index (χ3v) is 4.82. The van der Waals surface area contributed by atoms with Crippen LogP contribution in [0.4, 0.5) is 0 Å². The molecule has 0 bridgehead atoms. The SMILES string of the molecule is CCn1nc(C)c(Br)c1CSc1ccnc(C(=O)O)c1. The first kappa shape index (κ1) is 15.1. The molecular formula is C13H14BrN3O2S. The van der Waals surface area contributed by atoms with Gasteiger partial charge < -0.3 is 5.11 Å². The van der Waals surface area contributed by atoms with E-state index in [0.29, 0.717) is 0 Å². The quantitative estimate of drug-likeness (QED) is 0.832. The van der Waals surface area contributed by atoms with Crippen molar-refractivity contribution in [2.75, 3.05) is 0 Å². The van der Waals surface area contributed by atoms with Gasteiger partial charge in [0.05, 0.1) is 15.9 Å². The lowest BCUT2D eigenvalue weighted by molar-refractivity contribution is 0.0690. The molecule has 2 aromatic heterocycles. The van der Waals surface area contributed by atoms with Gasteiger partial charge in [-0.15, -0.1) is 11.8 Å². The lowest BCUT2D eigenvalue weighted by Crippen LogP contribution is -2.02. The number of hydrogen-bond donors (Lipinski definition) is 1. The highest BCUT2D eigenvalue weighted by Crippen LogP contribution is 2.29. The minimum Gasteiger partial charge on any atom is -0.477 e. The lowest BCUT2D eigenvalue weighted by Gasteiger charge is -2.06. The van der Waals surface area contributed by atoms with Gasteiger partial charge in [0.15, 0.2) is 0 Å². The first-order valence-corrected chi connectivity index (χ1v) is 7.84. The summed E-state index contributed by atoms with van der Waals surface area (Å²) in [5.74, 6) is -0.290. The molecule has 7 heteroatoms. The van der Waals surface area contributed by atoms with Crippen LogP contribution >= 0.6 is 27.7 Å². The fourth-order valence-electron chi connectivity index (χ4n) is 1.78. The van der Waals surface area contributed by atoms with E-state index in [1.807, 2.05) is 24.6 Å². The van der Waals surface area contributed by atoms with Gasteiger partial charge in [0.2, 0.25) is 0 Å². The maximum atomic E-state index is 10.9. The predicted octanol–water partition coefficient (Wildman–Crippen LogP) is 3.36. The van der Waals surface area contributed by atoms with Crippen molar-refractivity contribution >= 4 is 33.7 Å². The third kappa shape index (κ3) is 3.21. The molecule has 0 aliphatic rings. The van der Waals surface area contributed by atoms with E-state index in [9.17, 15) is 4.79 Å². The van der Waals surface area contributed by atoms with Gasteiger partial charge in [-0.25, -0.2) is 9.78 Å². The van der Waals surface area contributed by atoms with Crippen LogP contribution in [0.3, 0.4) is 0 Å². The van der Waals surface area contributed by atoms with E-state index in [-0.39, 0.29) is 5.69 Å². The minimum absolute atomic E-state index is 0.0641. The van der Waals surface area contributed by atoms with Crippen molar-refractivity contribution < 1.29 is 9.90 Å². The van der Waals surface area contributed by atoms with Gasteiger partial charge in [-0.2, -0.15) is 5.10 Å². The molecule has 0 aliphatic carbocycles. The van der Waals surface area contributed by atoms with Gasteiger partial charge in [-0.05, 0) is 41.9 Å². The van der Waals surface area contributed by atoms with E-state index in [1.54, 1.807) is 17.8 Å². The number of carboxylic acid groups (broad SMARTS) is 1. The number of halogens is 1. The molecule has 0 aromatic carbocycles. The second-order valence-corrected chi connectivity index (χ2v) is 5.97. The van der Waals surface area contributed by atoms with Crippen molar-refractivity contribution in [1.82, 2.24) is 14.8 Å². The Kier molecular flexibility index (Phi) is 4.82. The second-order valence-electron chi connectivity index (χ2n) is 4.13. The van der Waals surface area contributed by atoms with Gasteiger partial charge >= 0.3 is 5.97 Å². The lowest BCUT2D eigenvalue weighted by atomic mass is 10.3. The zero-order chi connectivity index (χ0) is 14.7. The van der Waals surface area contributed by atoms with Crippen LogP contribution < -0.4 is 0 Å². The molecule has 2 aromatic rings. The second kappa shape index (κ2) is 6.41. The summed E-state index contributed by atoms with van der Waals surface area (Å²) >= 11 is 5.12. The van der Waals surface area contributed by atoms with Crippen LogP contribution in [0.15, 0.2) is 27.7 Å². The molecule has 0 radical (unpaired) electrons. The maximum Gasteiger partial charge on any atom is 0.354 e. The Bertz CT molecular complexity index is 643. The number of carboxylic acids is 1. The largest absolute Gasteiger partial charge is 0.477 e. The summed E-state index contributed by atoms with van der Waals surface area (Å²) in [5.41, 5.74) is 2.13. The molecular weight excluding hydrogens is 342 g/mol. The molecule has 0 fully saturated rings. The summed E-state index contributed by atoms with van der Waals surface area (Å²) in [7, 11) is 0. The number of thioether (sulfide) groups is 1. The zero-order valence-corrected chi connectivity index (χ0v) is 13.5. The molecule has 2 heterocycles. The number of rotatable bonds is 5. The predicted molar refractivity (Wildman–Crippen MR) is 81.1 cm³/mol. The average Bonchev–Trinajstić information content (AvgIpc) is 2.72. The summed E-state index contributed by atoms with van der Waals surface area (Å²) in [6.45, 7) is 4.81. The van der Waals surface area contributed by atoms with Crippen molar-refractivity contribution in [3.8, 4) is 0 Å². The molecule has 0 spiro atoms. The van der Waals surface area contributed by atoms with Crippen molar-refractivity contribution in [3.05, 3.63) is 39.9 Å². The van der Waals surface area contributed by atoms with E-state index in [4.69, 9.17) is 5.11 Å². The van der Waals surface area contributed by atoms with E-state index in [1.165, 1.54) is 6.20 Å². The molecule has 0 unspecified atom stereocenters. The standard InChI is InChI=1S/C13H14BrN3O2S/c1-3-17-11(12(14)8(2)16-17)7-20-9-4-5-15-10(6-9)13(18)19/h4-6H,3,7H2,1-2H3,(H,18,19). The minimum atomic E-state index is -1.01. The molecule has 0 atom stereocenters. The Hall–Kier alpha value is -1.34. The van der Waals surface area contributed by atoms with E-state index < -0.39 is 5.97 Å². The fraction of sp³-hybridized carbons (Fsp3) is 0.308. The Morgan fingerprint density at radius 2 is 2.30 bits per heavy atom. The van der Waals surface area contributed by atoms with Gasteiger partial charge in [0.25, 0.3) is 0 Å². The zero-order valence-electron chi connectivity index (χ0n) is 11.1. The van der Waals surface area contributed by atoms with Gasteiger partial charge in [0, 0.05) is 23.4 Å². The average molecular weight is 356 g/mol. The van der Waals surface area contributed by atoms with Crippen LogP contribution in [0.25, 0.3) is 0 Å². The number of pyridine rings is 1. The number of carbonyl (C=O) groups is 1. The number of aromatic carboxylic acids is 1. The van der Waals surface area contributed by atoms with Crippen LogP contribution in [0, 0.1) is 6.92 Å². The first-order valence-electron chi connectivity index (χ1n) is 6.06. The topological polar surface area (TPSA) is 68.0 Å². The summed E-state index contributed by atoms with van der Waals surface area (Å²) < 4.78 is 2.96. The van der Waals surface area contributed by atoms with Crippen molar-refractivity contribution in [2.24, 2.45) is 0 Å². The van der Waals surface area contributed by atoms with Crippen LogP contribution in [-0.2, 0) is 12.3 Å². The molecule has 1 N–H and O–H groups in total. The monoisotopic (exact) mass is 355 g/mol. The Balaban J connectivity index is 2.16. The highest BCUT2D eigenvalue weighted by molar-refractivity contribution is 9.10. The fourth-order valence-corrected chi connectivity index (χ4v) is 3.34. The molecule has 0 amide bonds. The highest BCUT2D eigenvalue weighted by Gasteiger charge is 2.13. The van der Waals surface area contributed by atoms with Crippen LogP contribution in [0.2, 0.25) is 0 Å². The maximum absolute atomic E-state index is 10.9. The number of hydrogen-bond acceptors (Lipinski definition) is 4. The van der Waals surface area contributed by atoms with E-state index in [0.717, 1.165) is 33.1 Å². The number of aromatic nitrogens is 3. The number of aryl methyl sites for hydroxylation is 2. The molecule has 5 nitrogen and oxygen atoms in total. The molecule has 0 aliphatic heterocycles. The van der Waals surface area contributed by atoms with Crippen LogP contribution in [-0.4, -0.2) is 25.8 Å². The van der Waals surface area contributed by atoms with Gasteiger partial charge in [-0.1, -0.05) is 0 Å². The van der Waals surface area contributed by atoms with Crippen molar-refractivity contribution in [1.29, 1.82) is 0 Å². The van der Waals surface area contributed by atoms with Crippen LogP contribution in [0.1, 0.15) is 28.8 Å². The number of nitrogens with zero attached hydrogens (tertiary/aromatic N) is 3. The summed E-state index contributed by atoms with van der Waals surface area (Å²) in [5, 5.41) is 13.4. The smallest absolute Gasteiger partial charge is 0.354 e. The normalized spacial score (nSPS) is 10.8. The Labute approximate surface area is 129 Å². The van der Waals surface area contributed by atoms with Crippen LogP contribution in [0.5, 0.6) is 0 Å². The summed E-state index contributed by atoms with van der Waals surface area (Å²) in [4.78, 5) is 15.6. The summed E-state index contributed by atoms with van der Waals surface area (Å²) in [6, 6.07) is 3.39. The Morgan fingerprint density at radius 3 is 2.95 bits per heavy atom. The molecule has 0 saturated carbocycles. The molecule has 20 heavy (non-hydrogen) atoms. The van der Waals surface area contributed by atoms with E-state index >= 15 is 0 Å². The first-order chi connectivity index (χ1) is 9.52. The van der Waals surface area contributed by atoms with E-state index in [2.05, 4.69) is 26.0 Å². The summed E-state index contributed by atoms with van der Waals surface area (Å²) in [6.07, 6.45) is 1.52. The highest BCUT2D eigenvalue weighted by atomic mass is 79.9. The molecule has 106 valence electrons. The van der Waals surface area contributed by atoms with Gasteiger partial charge in [0.1, 0.15) is 5.69 Å². The Morgan fingerprint density at radius 1 is 1.55 bits per heavy atom. The van der Waals surface area contributed by atoms with Crippen molar-refractivity contribution in [2.45, 2.75) is 31.0 Å². The van der Waals surface area contributed by atoms with Crippen molar-refractivity contribution in [3.63, 3.8) is 0 Å². The molecule has 2 rings (SSSR count).